The fourth-order valence-electron chi connectivity index (χ4n) is 1.73. The molecule has 1 heterocycles. The molecule has 1 aromatic rings. The van der Waals surface area contributed by atoms with Crippen LogP contribution in [0.25, 0.3) is 0 Å². The third kappa shape index (κ3) is 1.37. The Labute approximate surface area is 73.8 Å². The van der Waals surface area contributed by atoms with Gasteiger partial charge in [-0.25, -0.2) is 0 Å². The fourth-order valence-corrected chi connectivity index (χ4v) is 1.73. The smallest absolute Gasteiger partial charge is 0.0210 e. The van der Waals surface area contributed by atoms with Crippen molar-refractivity contribution in [1.29, 1.82) is 0 Å². The van der Waals surface area contributed by atoms with Gasteiger partial charge in [-0.1, -0.05) is 31.2 Å². The van der Waals surface area contributed by atoms with Gasteiger partial charge < -0.3 is 5.32 Å². The molecule has 0 aliphatic carbocycles. The van der Waals surface area contributed by atoms with Crippen molar-refractivity contribution in [2.24, 2.45) is 0 Å². The van der Waals surface area contributed by atoms with Crippen molar-refractivity contribution in [2.45, 2.75) is 25.4 Å². The maximum Gasteiger partial charge on any atom is 0.0210 e. The van der Waals surface area contributed by atoms with E-state index in [0.717, 1.165) is 19.4 Å². The lowest BCUT2D eigenvalue weighted by atomic mass is 9.95. The minimum Gasteiger partial charge on any atom is -0.310 e. The maximum atomic E-state index is 3.92. The lowest BCUT2D eigenvalue weighted by Gasteiger charge is -2.24. The summed E-state index contributed by atoms with van der Waals surface area (Å²) in [5, 5.41) is 3.46. The van der Waals surface area contributed by atoms with E-state index < -0.39 is 0 Å². The summed E-state index contributed by atoms with van der Waals surface area (Å²) < 4.78 is 0. The van der Waals surface area contributed by atoms with Gasteiger partial charge in [-0.3, -0.25) is 0 Å². The van der Waals surface area contributed by atoms with Gasteiger partial charge >= 0.3 is 0 Å². The Morgan fingerprint density at radius 1 is 1.33 bits per heavy atom. The lowest BCUT2D eigenvalue weighted by Crippen LogP contribution is -2.34. The molecular weight excluding hydrogens is 146 g/mol. The SMILES string of the molecule is [CH2]C[C@H]1Cc2ccccc2CN1. The van der Waals surface area contributed by atoms with Crippen molar-refractivity contribution in [3.8, 4) is 0 Å². The molecule has 0 fully saturated rings. The molecular formula is C11H14N. The monoisotopic (exact) mass is 160 g/mol. The number of benzene rings is 1. The summed E-state index contributed by atoms with van der Waals surface area (Å²) >= 11 is 0. The number of hydrogen-bond donors (Lipinski definition) is 1. The van der Waals surface area contributed by atoms with E-state index in [-0.39, 0.29) is 0 Å². The molecule has 2 rings (SSSR count). The average Bonchev–Trinajstić information content (AvgIpc) is 2.17. The molecule has 0 saturated heterocycles. The second kappa shape index (κ2) is 3.28. The Balaban J connectivity index is 2.23. The van der Waals surface area contributed by atoms with E-state index in [0.29, 0.717) is 6.04 Å². The molecule has 0 aromatic heterocycles. The van der Waals surface area contributed by atoms with Gasteiger partial charge in [0.25, 0.3) is 0 Å². The quantitative estimate of drug-likeness (QED) is 0.662. The summed E-state index contributed by atoms with van der Waals surface area (Å²) in [6, 6.07) is 9.22. The van der Waals surface area contributed by atoms with Crippen LogP contribution in [0.5, 0.6) is 0 Å². The molecule has 1 heteroatoms. The van der Waals surface area contributed by atoms with Crippen LogP contribution in [0.3, 0.4) is 0 Å². The molecule has 0 unspecified atom stereocenters. The van der Waals surface area contributed by atoms with Gasteiger partial charge in [-0.2, -0.15) is 0 Å². The Bertz CT molecular complexity index is 267. The molecule has 1 radical (unpaired) electrons. The van der Waals surface area contributed by atoms with Crippen LogP contribution >= 0.6 is 0 Å². The largest absolute Gasteiger partial charge is 0.310 e. The van der Waals surface area contributed by atoms with Crippen molar-refractivity contribution >= 4 is 0 Å². The van der Waals surface area contributed by atoms with Crippen LogP contribution in [0.15, 0.2) is 24.3 Å². The zero-order valence-corrected chi connectivity index (χ0v) is 7.22. The number of hydrogen-bond acceptors (Lipinski definition) is 1. The van der Waals surface area contributed by atoms with E-state index in [1.54, 1.807) is 0 Å². The van der Waals surface area contributed by atoms with Gasteiger partial charge in [0.2, 0.25) is 0 Å². The molecule has 1 aliphatic rings. The van der Waals surface area contributed by atoms with E-state index >= 15 is 0 Å². The van der Waals surface area contributed by atoms with E-state index in [1.807, 2.05) is 0 Å². The Hall–Kier alpha value is -0.820. The number of rotatable bonds is 1. The Morgan fingerprint density at radius 3 is 2.83 bits per heavy atom. The summed E-state index contributed by atoms with van der Waals surface area (Å²) in [6.07, 6.45) is 2.12. The molecule has 1 aromatic carbocycles. The highest BCUT2D eigenvalue weighted by atomic mass is 14.9. The van der Waals surface area contributed by atoms with Crippen LogP contribution in [-0.4, -0.2) is 6.04 Å². The maximum absolute atomic E-state index is 3.92. The Kier molecular flexibility index (Phi) is 2.13. The standard InChI is InChI=1S/C11H14N/c1-2-11-7-9-5-3-4-6-10(9)8-12-11/h3-6,11-12H,1-2,7-8H2/t11-/m0/s1. The predicted molar refractivity (Wildman–Crippen MR) is 50.7 cm³/mol. The van der Waals surface area contributed by atoms with Crippen molar-refractivity contribution in [3.63, 3.8) is 0 Å². The van der Waals surface area contributed by atoms with Gasteiger partial charge in [0, 0.05) is 12.6 Å². The van der Waals surface area contributed by atoms with Crippen LogP contribution in [-0.2, 0) is 13.0 Å². The van der Waals surface area contributed by atoms with Crippen LogP contribution in [0.4, 0.5) is 0 Å². The second-order valence-electron chi connectivity index (χ2n) is 3.34. The molecule has 1 N–H and O–H groups in total. The first-order chi connectivity index (χ1) is 5.90. The topological polar surface area (TPSA) is 12.0 Å². The second-order valence-corrected chi connectivity index (χ2v) is 3.34. The fraction of sp³-hybridized carbons (Fsp3) is 0.364. The van der Waals surface area contributed by atoms with E-state index in [2.05, 4.69) is 36.5 Å². The molecule has 1 atom stereocenters. The van der Waals surface area contributed by atoms with Crippen molar-refractivity contribution in [3.05, 3.63) is 42.3 Å². The molecule has 1 nitrogen and oxygen atoms in total. The molecule has 12 heavy (non-hydrogen) atoms. The molecule has 0 saturated carbocycles. The number of nitrogens with one attached hydrogen (secondary N) is 1. The normalized spacial score (nSPS) is 21.9. The Morgan fingerprint density at radius 2 is 2.08 bits per heavy atom. The summed E-state index contributed by atoms with van der Waals surface area (Å²) in [4.78, 5) is 0. The van der Waals surface area contributed by atoms with Crippen molar-refractivity contribution < 1.29 is 0 Å². The zero-order chi connectivity index (χ0) is 8.39. The van der Waals surface area contributed by atoms with Crippen LogP contribution in [0, 0.1) is 6.92 Å². The van der Waals surface area contributed by atoms with Crippen molar-refractivity contribution in [1.82, 2.24) is 5.32 Å². The molecule has 1 aliphatic heterocycles. The first-order valence-corrected chi connectivity index (χ1v) is 4.49. The van der Waals surface area contributed by atoms with Crippen LogP contribution in [0.2, 0.25) is 0 Å². The molecule has 0 bridgehead atoms. The predicted octanol–water partition coefficient (Wildman–Crippen LogP) is 1.93. The minimum absolute atomic E-state index is 0.583. The van der Waals surface area contributed by atoms with Crippen molar-refractivity contribution in [2.75, 3.05) is 0 Å². The molecule has 63 valence electrons. The summed E-state index contributed by atoms with van der Waals surface area (Å²) in [5.74, 6) is 0. The first kappa shape index (κ1) is 7.81. The highest BCUT2D eigenvalue weighted by Crippen LogP contribution is 2.16. The number of fused-ring (bicyclic) bond motifs is 1. The minimum atomic E-state index is 0.583. The van der Waals surface area contributed by atoms with Gasteiger partial charge in [-0.15, -0.1) is 0 Å². The van der Waals surface area contributed by atoms with E-state index in [1.165, 1.54) is 11.1 Å². The lowest BCUT2D eigenvalue weighted by molar-refractivity contribution is 0.482. The first-order valence-electron chi connectivity index (χ1n) is 4.49. The van der Waals surface area contributed by atoms with Crippen LogP contribution < -0.4 is 5.32 Å². The van der Waals surface area contributed by atoms with Crippen LogP contribution in [0.1, 0.15) is 17.5 Å². The van der Waals surface area contributed by atoms with Gasteiger partial charge in [0.1, 0.15) is 0 Å². The third-order valence-corrected chi connectivity index (χ3v) is 2.51. The third-order valence-electron chi connectivity index (χ3n) is 2.51. The summed E-state index contributed by atoms with van der Waals surface area (Å²) in [7, 11) is 0. The van der Waals surface area contributed by atoms with E-state index in [9.17, 15) is 0 Å². The average molecular weight is 160 g/mol. The highest BCUT2D eigenvalue weighted by molar-refractivity contribution is 5.29. The summed E-state index contributed by atoms with van der Waals surface area (Å²) in [6.45, 7) is 4.93. The molecule has 0 spiro atoms. The van der Waals surface area contributed by atoms with Gasteiger partial charge in [0.05, 0.1) is 0 Å². The van der Waals surface area contributed by atoms with E-state index in [4.69, 9.17) is 0 Å². The zero-order valence-electron chi connectivity index (χ0n) is 7.22. The van der Waals surface area contributed by atoms with Gasteiger partial charge in [-0.05, 0) is 24.0 Å². The molecule has 0 amide bonds. The van der Waals surface area contributed by atoms with Gasteiger partial charge in [0.15, 0.2) is 0 Å². The highest BCUT2D eigenvalue weighted by Gasteiger charge is 2.14. The summed E-state index contributed by atoms with van der Waals surface area (Å²) in [5.41, 5.74) is 2.94.